The predicted octanol–water partition coefficient (Wildman–Crippen LogP) is -0.114. The van der Waals surface area contributed by atoms with Crippen molar-refractivity contribution >= 4 is 24.2 Å². The third-order valence-corrected chi connectivity index (χ3v) is 3.61. The summed E-state index contributed by atoms with van der Waals surface area (Å²) in [7, 11) is 0. The van der Waals surface area contributed by atoms with Crippen molar-refractivity contribution in [3.8, 4) is 0 Å². The molecule has 0 aliphatic carbocycles. The quantitative estimate of drug-likeness (QED) is 0.571. The Kier molecular flexibility index (Phi) is 10.0. The van der Waals surface area contributed by atoms with E-state index in [0.29, 0.717) is 26.2 Å². The summed E-state index contributed by atoms with van der Waals surface area (Å²) in [5, 5.41) is 5.61. The number of hydrogen-bond acceptors (Lipinski definition) is 4. The highest BCUT2D eigenvalue weighted by molar-refractivity contribution is 5.85. The van der Waals surface area contributed by atoms with Crippen molar-refractivity contribution in [2.75, 3.05) is 32.7 Å². The highest BCUT2D eigenvalue weighted by Gasteiger charge is 2.30. The van der Waals surface area contributed by atoms with Gasteiger partial charge >= 0.3 is 0 Å². The number of piperidine rings is 1. The summed E-state index contributed by atoms with van der Waals surface area (Å²) in [4.78, 5) is 26.0. The van der Waals surface area contributed by atoms with E-state index >= 15 is 0 Å². The molecule has 2 atom stereocenters. The molecule has 1 rings (SSSR count). The molecule has 6 nitrogen and oxygen atoms in total. The molecule has 1 aliphatic heterocycles. The van der Waals surface area contributed by atoms with Crippen LogP contribution >= 0.6 is 12.4 Å². The minimum absolute atomic E-state index is 0. The maximum absolute atomic E-state index is 12.0. The highest BCUT2D eigenvalue weighted by atomic mass is 35.5. The Morgan fingerprint density at radius 1 is 1.48 bits per heavy atom. The van der Waals surface area contributed by atoms with Gasteiger partial charge in [-0.15, -0.1) is 19.0 Å². The van der Waals surface area contributed by atoms with Gasteiger partial charge in [-0.3, -0.25) is 14.5 Å². The topological polar surface area (TPSA) is 87.5 Å². The summed E-state index contributed by atoms with van der Waals surface area (Å²) in [5.74, 6) is -0.0308. The summed E-state index contributed by atoms with van der Waals surface area (Å²) >= 11 is 0. The predicted molar refractivity (Wildman–Crippen MR) is 86.3 cm³/mol. The van der Waals surface area contributed by atoms with Crippen molar-refractivity contribution in [3.05, 3.63) is 12.7 Å². The van der Waals surface area contributed by atoms with Gasteiger partial charge in [0.1, 0.15) is 0 Å². The lowest BCUT2D eigenvalue weighted by Crippen LogP contribution is -2.51. The number of halogens is 1. The molecule has 0 aromatic carbocycles. The van der Waals surface area contributed by atoms with Gasteiger partial charge < -0.3 is 16.4 Å². The molecule has 1 aliphatic rings. The van der Waals surface area contributed by atoms with Gasteiger partial charge in [-0.05, 0) is 26.3 Å². The molecule has 122 valence electrons. The van der Waals surface area contributed by atoms with Crippen molar-refractivity contribution < 1.29 is 9.59 Å². The zero-order valence-electron chi connectivity index (χ0n) is 12.6. The second-order valence-electron chi connectivity index (χ2n) is 5.12. The second kappa shape index (κ2) is 10.6. The molecule has 1 saturated heterocycles. The Labute approximate surface area is 132 Å². The van der Waals surface area contributed by atoms with Crippen molar-refractivity contribution in [1.29, 1.82) is 0 Å². The number of hydrogen-bond donors (Lipinski definition) is 3. The van der Waals surface area contributed by atoms with E-state index in [1.54, 1.807) is 6.08 Å². The number of nitrogens with two attached hydrogens (primary N) is 1. The molecule has 1 fully saturated rings. The van der Waals surface area contributed by atoms with E-state index in [9.17, 15) is 9.59 Å². The van der Waals surface area contributed by atoms with E-state index in [-0.39, 0.29) is 36.2 Å². The largest absolute Gasteiger partial charge is 0.355 e. The summed E-state index contributed by atoms with van der Waals surface area (Å²) in [6.07, 6.45) is 3.46. The van der Waals surface area contributed by atoms with Crippen LogP contribution in [-0.2, 0) is 9.59 Å². The van der Waals surface area contributed by atoms with Crippen LogP contribution in [0.4, 0.5) is 0 Å². The van der Waals surface area contributed by atoms with Crippen LogP contribution in [0.3, 0.4) is 0 Å². The zero-order valence-corrected chi connectivity index (χ0v) is 13.5. The fraction of sp³-hybridized carbons (Fsp3) is 0.714. The lowest BCUT2D eigenvalue weighted by molar-refractivity contribution is -0.131. The van der Waals surface area contributed by atoms with Crippen LogP contribution in [0.25, 0.3) is 0 Å². The van der Waals surface area contributed by atoms with Crippen molar-refractivity contribution in [2.45, 2.75) is 25.8 Å². The normalized spacial score (nSPS) is 20.0. The average Bonchev–Trinajstić information content (AvgIpc) is 2.49. The fourth-order valence-corrected chi connectivity index (χ4v) is 2.40. The Morgan fingerprint density at radius 2 is 2.19 bits per heavy atom. The number of carbonyl (C=O) groups is 2. The first-order chi connectivity index (χ1) is 9.60. The average molecular weight is 319 g/mol. The number of nitrogens with zero attached hydrogens (tertiary/aromatic N) is 1. The third-order valence-electron chi connectivity index (χ3n) is 3.61. The van der Waals surface area contributed by atoms with Crippen LogP contribution in [0, 0.1) is 5.92 Å². The first-order valence-corrected chi connectivity index (χ1v) is 7.20. The van der Waals surface area contributed by atoms with E-state index in [2.05, 4.69) is 22.1 Å². The Balaban J connectivity index is 0.00000400. The molecule has 0 bridgehead atoms. The van der Waals surface area contributed by atoms with Gasteiger partial charge in [0.2, 0.25) is 11.8 Å². The number of nitrogens with one attached hydrogen (secondary N) is 2. The highest BCUT2D eigenvalue weighted by Crippen LogP contribution is 2.18. The number of rotatable bonds is 7. The second-order valence-corrected chi connectivity index (χ2v) is 5.12. The molecule has 0 spiro atoms. The molecule has 2 amide bonds. The van der Waals surface area contributed by atoms with Gasteiger partial charge in [0.15, 0.2) is 0 Å². The monoisotopic (exact) mass is 318 g/mol. The zero-order chi connectivity index (χ0) is 15.0. The van der Waals surface area contributed by atoms with Crippen LogP contribution in [0.5, 0.6) is 0 Å². The van der Waals surface area contributed by atoms with Gasteiger partial charge in [-0.25, -0.2) is 0 Å². The van der Waals surface area contributed by atoms with E-state index in [1.165, 1.54) is 0 Å². The number of amides is 2. The van der Waals surface area contributed by atoms with Gasteiger partial charge in [-0.2, -0.15) is 0 Å². The van der Waals surface area contributed by atoms with Crippen LogP contribution in [0.1, 0.15) is 19.8 Å². The first kappa shape index (κ1) is 19.9. The summed E-state index contributed by atoms with van der Waals surface area (Å²) in [6, 6.07) is -0.222. The molecule has 2 unspecified atom stereocenters. The van der Waals surface area contributed by atoms with E-state index in [0.717, 1.165) is 19.4 Å². The maximum Gasteiger partial charge on any atom is 0.237 e. The lowest BCUT2D eigenvalue weighted by Gasteiger charge is -2.35. The van der Waals surface area contributed by atoms with Gasteiger partial charge in [0.25, 0.3) is 0 Å². The standard InChI is InChI=1S/C14H26N4O2.ClH/c1-3-7-16-13(19)11(2)18-9-4-5-12(10-18)14(20)17-8-6-15;/h3,11-12H,1,4-10,15H2,2H3,(H,16,19)(H,17,20);1H. The Morgan fingerprint density at radius 3 is 2.81 bits per heavy atom. The smallest absolute Gasteiger partial charge is 0.237 e. The molecular formula is C14H27ClN4O2. The molecule has 0 saturated carbocycles. The van der Waals surface area contributed by atoms with Crippen LogP contribution in [-0.4, -0.2) is 55.5 Å². The molecular weight excluding hydrogens is 292 g/mol. The molecule has 0 radical (unpaired) electrons. The molecule has 7 heteroatoms. The summed E-state index contributed by atoms with van der Waals surface area (Å²) < 4.78 is 0. The minimum Gasteiger partial charge on any atom is -0.355 e. The fourth-order valence-electron chi connectivity index (χ4n) is 2.40. The maximum atomic E-state index is 12.0. The Hall–Kier alpha value is -1.11. The van der Waals surface area contributed by atoms with E-state index in [4.69, 9.17) is 5.73 Å². The lowest BCUT2D eigenvalue weighted by atomic mass is 9.96. The molecule has 1 heterocycles. The van der Waals surface area contributed by atoms with Crippen molar-refractivity contribution in [3.63, 3.8) is 0 Å². The minimum atomic E-state index is -0.222. The molecule has 21 heavy (non-hydrogen) atoms. The summed E-state index contributed by atoms with van der Waals surface area (Å²) in [6.45, 7) is 8.35. The molecule has 0 aromatic rings. The molecule has 0 aromatic heterocycles. The van der Waals surface area contributed by atoms with Crippen molar-refractivity contribution in [2.24, 2.45) is 11.7 Å². The van der Waals surface area contributed by atoms with Gasteiger partial charge in [0.05, 0.1) is 12.0 Å². The molecule has 4 N–H and O–H groups in total. The van der Waals surface area contributed by atoms with E-state index in [1.807, 2.05) is 6.92 Å². The van der Waals surface area contributed by atoms with Crippen molar-refractivity contribution in [1.82, 2.24) is 15.5 Å². The summed E-state index contributed by atoms with van der Waals surface area (Å²) in [5.41, 5.74) is 5.38. The van der Waals surface area contributed by atoms with E-state index < -0.39 is 0 Å². The number of carbonyl (C=O) groups excluding carboxylic acids is 2. The number of likely N-dealkylation sites (tertiary alicyclic amines) is 1. The Bertz CT molecular complexity index is 352. The third kappa shape index (κ3) is 6.46. The van der Waals surface area contributed by atoms with Crippen LogP contribution in [0.15, 0.2) is 12.7 Å². The van der Waals surface area contributed by atoms with Gasteiger partial charge in [-0.1, -0.05) is 6.08 Å². The van der Waals surface area contributed by atoms with Gasteiger partial charge in [0, 0.05) is 26.2 Å². The SMILES string of the molecule is C=CCNC(=O)C(C)N1CCCC(C(=O)NCCN)C1.Cl. The van der Waals surface area contributed by atoms with Crippen LogP contribution < -0.4 is 16.4 Å². The van der Waals surface area contributed by atoms with Crippen LogP contribution in [0.2, 0.25) is 0 Å². The first-order valence-electron chi connectivity index (χ1n) is 7.20.